The van der Waals surface area contributed by atoms with Crippen molar-refractivity contribution in [3.8, 4) is 5.75 Å². The van der Waals surface area contributed by atoms with Gasteiger partial charge in [-0.3, -0.25) is 9.89 Å². The molecule has 3 aromatic rings. The first-order valence-corrected chi connectivity index (χ1v) is 10.4. The number of nitrogens with zero attached hydrogens (tertiary/aromatic N) is 2. The monoisotopic (exact) mass is 407 g/mol. The van der Waals surface area contributed by atoms with Crippen LogP contribution in [0.15, 0.2) is 60.7 Å². The van der Waals surface area contributed by atoms with E-state index in [1.807, 2.05) is 23.1 Å². The summed E-state index contributed by atoms with van der Waals surface area (Å²) >= 11 is 0. The lowest BCUT2D eigenvalue weighted by Gasteiger charge is -2.16. The minimum atomic E-state index is -0.305. The molecule has 1 saturated heterocycles. The molecule has 2 heterocycles. The van der Waals surface area contributed by atoms with Gasteiger partial charge in [0.1, 0.15) is 11.6 Å². The van der Waals surface area contributed by atoms with E-state index in [-0.39, 0.29) is 17.6 Å². The van der Waals surface area contributed by atoms with Gasteiger partial charge in [-0.2, -0.15) is 5.10 Å². The van der Waals surface area contributed by atoms with E-state index in [1.165, 1.54) is 17.7 Å². The number of likely N-dealkylation sites (tertiary alicyclic amines) is 1. The van der Waals surface area contributed by atoms with Crippen LogP contribution in [0.4, 0.5) is 4.39 Å². The third kappa shape index (κ3) is 5.26. The predicted molar refractivity (Wildman–Crippen MR) is 113 cm³/mol. The fourth-order valence-electron chi connectivity index (χ4n) is 3.83. The van der Waals surface area contributed by atoms with Crippen molar-refractivity contribution >= 4 is 5.91 Å². The van der Waals surface area contributed by atoms with Crippen LogP contribution < -0.4 is 4.74 Å². The van der Waals surface area contributed by atoms with Gasteiger partial charge in [-0.1, -0.05) is 36.4 Å². The van der Waals surface area contributed by atoms with Crippen LogP contribution in [-0.2, 0) is 17.6 Å². The first kappa shape index (κ1) is 20.1. The molecule has 1 aliphatic rings. The Morgan fingerprint density at radius 3 is 2.83 bits per heavy atom. The van der Waals surface area contributed by atoms with Crippen LogP contribution in [0.25, 0.3) is 0 Å². The molecule has 0 radical (unpaired) electrons. The highest BCUT2D eigenvalue weighted by atomic mass is 19.1. The third-order valence-electron chi connectivity index (χ3n) is 5.52. The molecule has 30 heavy (non-hydrogen) atoms. The topological polar surface area (TPSA) is 58.2 Å². The van der Waals surface area contributed by atoms with Crippen LogP contribution in [0.5, 0.6) is 5.75 Å². The highest BCUT2D eigenvalue weighted by Gasteiger charge is 2.28. The second kappa shape index (κ2) is 9.57. The molecule has 1 amide bonds. The second-order valence-corrected chi connectivity index (χ2v) is 7.68. The maximum absolute atomic E-state index is 13.2. The fraction of sp³-hybridized carbons (Fsp3) is 0.333. The van der Waals surface area contributed by atoms with Crippen LogP contribution in [0.3, 0.4) is 0 Å². The lowest BCUT2D eigenvalue weighted by atomic mass is 10.0. The van der Waals surface area contributed by atoms with Crippen molar-refractivity contribution in [2.75, 3.05) is 19.7 Å². The van der Waals surface area contributed by atoms with Gasteiger partial charge in [0, 0.05) is 43.6 Å². The van der Waals surface area contributed by atoms with E-state index in [2.05, 4.69) is 28.4 Å². The lowest BCUT2D eigenvalue weighted by molar-refractivity contribution is -0.130. The normalized spacial score (nSPS) is 16.0. The second-order valence-electron chi connectivity index (χ2n) is 7.68. The number of H-pyrrole nitrogens is 1. The van der Waals surface area contributed by atoms with Crippen LogP contribution in [0.2, 0.25) is 0 Å². The molecule has 156 valence electrons. The fourth-order valence-corrected chi connectivity index (χ4v) is 3.83. The summed E-state index contributed by atoms with van der Waals surface area (Å²) in [6.07, 6.45) is 2.91. The van der Waals surface area contributed by atoms with Crippen LogP contribution >= 0.6 is 0 Å². The molecule has 6 heteroatoms. The van der Waals surface area contributed by atoms with E-state index >= 15 is 0 Å². The Kier molecular flexibility index (Phi) is 6.42. The molecule has 1 aromatic heterocycles. The summed E-state index contributed by atoms with van der Waals surface area (Å²) in [6, 6.07) is 18.3. The first-order valence-electron chi connectivity index (χ1n) is 10.4. The van der Waals surface area contributed by atoms with Gasteiger partial charge in [-0.15, -0.1) is 0 Å². The number of carbonyl (C=O) groups is 1. The number of ether oxygens (including phenoxy) is 1. The SMILES string of the molecule is O=C(CCc1ccccc1)N1CCC(c2cc(CCOc3cccc(F)c3)[nH]n2)C1. The van der Waals surface area contributed by atoms with Crippen LogP contribution in [-0.4, -0.2) is 40.7 Å². The number of aryl methyl sites for hydroxylation is 1. The summed E-state index contributed by atoms with van der Waals surface area (Å²) in [4.78, 5) is 14.5. The zero-order valence-corrected chi connectivity index (χ0v) is 16.9. The molecule has 1 fully saturated rings. The number of rotatable bonds is 8. The van der Waals surface area contributed by atoms with Crippen molar-refractivity contribution in [2.45, 2.75) is 31.6 Å². The number of benzene rings is 2. The van der Waals surface area contributed by atoms with Gasteiger partial charge >= 0.3 is 0 Å². The number of aromatic amines is 1. The Morgan fingerprint density at radius 2 is 2.00 bits per heavy atom. The van der Waals surface area contributed by atoms with E-state index in [4.69, 9.17) is 4.74 Å². The van der Waals surface area contributed by atoms with E-state index < -0.39 is 0 Å². The van der Waals surface area contributed by atoms with Crippen molar-refractivity contribution < 1.29 is 13.9 Å². The average Bonchev–Trinajstić information content (AvgIpc) is 3.43. The summed E-state index contributed by atoms with van der Waals surface area (Å²) < 4.78 is 18.8. The summed E-state index contributed by atoms with van der Waals surface area (Å²) in [7, 11) is 0. The Labute approximate surface area is 175 Å². The van der Waals surface area contributed by atoms with Gasteiger partial charge < -0.3 is 9.64 Å². The standard InChI is InChI=1S/C24H26FN3O2/c25-20-7-4-8-22(15-20)30-14-12-21-16-23(27-26-21)19-11-13-28(17-19)24(29)10-9-18-5-2-1-3-6-18/h1-8,15-16,19H,9-14,17H2,(H,26,27). The number of amides is 1. The molecule has 0 aliphatic carbocycles. The molecule has 0 saturated carbocycles. The van der Waals surface area contributed by atoms with Gasteiger partial charge in [-0.05, 0) is 36.6 Å². The molecule has 1 atom stereocenters. The molecule has 0 spiro atoms. The first-order chi connectivity index (χ1) is 14.7. The molecule has 1 aliphatic heterocycles. The summed E-state index contributed by atoms with van der Waals surface area (Å²) in [5, 5.41) is 7.51. The summed E-state index contributed by atoms with van der Waals surface area (Å²) in [5.74, 6) is 0.691. The number of carbonyl (C=O) groups excluding carboxylic acids is 1. The number of hydrogen-bond donors (Lipinski definition) is 1. The van der Waals surface area contributed by atoms with Crippen molar-refractivity contribution in [1.29, 1.82) is 0 Å². The Bertz CT molecular complexity index is 973. The Balaban J connectivity index is 1.23. The minimum absolute atomic E-state index is 0.209. The molecule has 0 bridgehead atoms. The third-order valence-corrected chi connectivity index (χ3v) is 5.52. The Hall–Kier alpha value is -3.15. The summed E-state index contributed by atoms with van der Waals surface area (Å²) in [5.41, 5.74) is 3.17. The van der Waals surface area contributed by atoms with Crippen molar-refractivity contribution in [1.82, 2.24) is 15.1 Å². The zero-order chi connectivity index (χ0) is 20.8. The molecular formula is C24H26FN3O2. The molecule has 1 N–H and O–H groups in total. The van der Waals surface area contributed by atoms with Gasteiger partial charge in [0.2, 0.25) is 5.91 Å². The number of hydrogen-bond acceptors (Lipinski definition) is 3. The van der Waals surface area contributed by atoms with Crippen LogP contribution in [0, 0.1) is 5.82 Å². The van der Waals surface area contributed by atoms with Gasteiger partial charge in [0.25, 0.3) is 0 Å². The van der Waals surface area contributed by atoms with E-state index in [9.17, 15) is 9.18 Å². The number of halogens is 1. The quantitative estimate of drug-likeness (QED) is 0.611. The van der Waals surface area contributed by atoms with E-state index in [0.717, 1.165) is 37.3 Å². The van der Waals surface area contributed by atoms with Crippen molar-refractivity contribution in [2.24, 2.45) is 0 Å². The van der Waals surface area contributed by atoms with Crippen LogP contribution in [0.1, 0.15) is 35.7 Å². The smallest absolute Gasteiger partial charge is 0.222 e. The summed E-state index contributed by atoms with van der Waals surface area (Å²) in [6.45, 7) is 1.95. The molecular weight excluding hydrogens is 381 g/mol. The molecule has 4 rings (SSSR count). The highest BCUT2D eigenvalue weighted by Crippen LogP contribution is 2.27. The van der Waals surface area contributed by atoms with Gasteiger partial charge in [0.05, 0.1) is 12.3 Å². The van der Waals surface area contributed by atoms with Gasteiger partial charge in [0.15, 0.2) is 0 Å². The maximum Gasteiger partial charge on any atom is 0.222 e. The van der Waals surface area contributed by atoms with E-state index in [0.29, 0.717) is 25.2 Å². The Morgan fingerprint density at radius 1 is 1.13 bits per heavy atom. The lowest BCUT2D eigenvalue weighted by Crippen LogP contribution is -2.28. The van der Waals surface area contributed by atoms with Crippen molar-refractivity contribution in [3.63, 3.8) is 0 Å². The number of nitrogens with one attached hydrogen (secondary N) is 1. The average molecular weight is 407 g/mol. The number of aromatic nitrogens is 2. The van der Waals surface area contributed by atoms with E-state index in [1.54, 1.807) is 12.1 Å². The minimum Gasteiger partial charge on any atom is -0.493 e. The maximum atomic E-state index is 13.2. The highest BCUT2D eigenvalue weighted by molar-refractivity contribution is 5.76. The predicted octanol–water partition coefficient (Wildman–Crippen LogP) is 4.12. The molecule has 2 aromatic carbocycles. The zero-order valence-electron chi connectivity index (χ0n) is 16.9. The van der Waals surface area contributed by atoms with Gasteiger partial charge in [-0.25, -0.2) is 4.39 Å². The largest absolute Gasteiger partial charge is 0.493 e. The molecule has 5 nitrogen and oxygen atoms in total. The van der Waals surface area contributed by atoms with Crippen molar-refractivity contribution in [3.05, 3.63) is 83.4 Å². The molecule has 1 unspecified atom stereocenters.